The van der Waals surface area contributed by atoms with Crippen LogP contribution in [0.15, 0.2) is 0 Å². The highest BCUT2D eigenvalue weighted by atomic mass is 16.2. The topological polar surface area (TPSA) is 58.2 Å². The van der Waals surface area contributed by atoms with Gasteiger partial charge >= 0.3 is 0 Å². The lowest BCUT2D eigenvalue weighted by molar-refractivity contribution is -0.123. The summed E-state index contributed by atoms with van der Waals surface area (Å²) in [5.41, 5.74) is -0.655. The van der Waals surface area contributed by atoms with Crippen LogP contribution >= 0.6 is 0 Å². The number of carbonyl (C=O) groups excluding carboxylic acids is 2. The SMILES string of the molecule is CC(=O)NC(C)(C)NC(C)=O. The molecule has 0 aromatic heterocycles. The zero-order valence-electron chi connectivity index (χ0n) is 7.32. The van der Waals surface area contributed by atoms with E-state index in [1.165, 1.54) is 13.8 Å². The van der Waals surface area contributed by atoms with Crippen LogP contribution in [0.2, 0.25) is 0 Å². The van der Waals surface area contributed by atoms with E-state index in [0.717, 1.165) is 0 Å². The Morgan fingerprint density at radius 3 is 1.45 bits per heavy atom. The summed E-state index contributed by atoms with van der Waals surface area (Å²) in [4.78, 5) is 21.2. The van der Waals surface area contributed by atoms with Crippen molar-refractivity contribution >= 4 is 11.8 Å². The van der Waals surface area contributed by atoms with Crippen molar-refractivity contribution in [1.29, 1.82) is 0 Å². The molecule has 0 saturated heterocycles. The van der Waals surface area contributed by atoms with E-state index in [0.29, 0.717) is 0 Å². The Morgan fingerprint density at radius 1 is 1.00 bits per heavy atom. The lowest BCUT2D eigenvalue weighted by Crippen LogP contribution is -2.55. The molecule has 0 bridgehead atoms. The Morgan fingerprint density at radius 2 is 1.27 bits per heavy atom. The molecule has 11 heavy (non-hydrogen) atoms. The van der Waals surface area contributed by atoms with Crippen molar-refractivity contribution in [3.8, 4) is 0 Å². The predicted molar refractivity (Wildman–Crippen MR) is 41.7 cm³/mol. The number of hydrogen-bond acceptors (Lipinski definition) is 2. The zero-order chi connectivity index (χ0) is 9.07. The minimum absolute atomic E-state index is 0.163. The van der Waals surface area contributed by atoms with Gasteiger partial charge in [0, 0.05) is 13.8 Å². The van der Waals surface area contributed by atoms with Gasteiger partial charge in [0.2, 0.25) is 11.8 Å². The molecule has 0 aromatic carbocycles. The molecule has 0 rings (SSSR count). The van der Waals surface area contributed by atoms with Crippen molar-refractivity contribution in [2.75, 3.05) is 0 Å². The molecule has 2 amide bonds. The van der Waals surface area contributed by atoms with Gasteiger partial charge in [-0.15, -0.1) is 0 Å². The first kappa shape index (κ1) is 9.94. The van der Waals surface area contributed by atoms with Gasteiger partial charge in [-0.3, -0.25) is 9.59 Å². The monoisotopic (exact) mass is 158 g/mol. The molecule has 0 aliphatic carbocycles. The largest absolute Gasteiger partial charge is 0.334 e. The van der Waals surface area contributed by atoms with Crippen molar-refractivity contribution in [3.05, 3.63) is 0 Å². The molecule has 2 N–H and O–H groups in total. The fourth-order valence-corrected chi connectivity index (χ4v) is 0.911. The number of nitrogens with one attached hydrogen (secondary N) is 2. The van der Waals surface area contributed by atoms with Gasteiger partial charge in [0.15, 0.2) is 0 Å². The molecule has 4 heteroatoms. The highest BCUT2D eigenvalue weighted by Gasteiger charge is 2.18. The minimum atomic E-state index is -0.655. The molecule has 0 aliphatic rings. The van der Waals surface area contributed by atoms with E-state index < -0.39 is 5.66 Å². The van der Waals surface area contributed by atoms with Crippen molar-refractivity contribution in [2.24, 2.45) is 0 Å². The summed E-state index contributed by atoms with van der Waals surface area (Å²) < 4.78 is 0. The van der Waals surface area contributed by atoms with Crippen LogP contribution in [-0.4, -0.2) is 17.5 Å². The molecular formula is C7H14N2O2. The van der Waals surface area contributed by atoms with Gasteiger partial charge in [-0.1, -0.05) is 0 Å². The second-order valence-corrected chi connectivity index (χ2v) is 2.99. The molecule has 64 valence electrons. The number of carbonyl (C=O) groups is 2. The van der Waals surface area contributed by atoms with Gasteiger partial charge in [-0.05, 0) is 13.8 Å². The second-order valence-electron chi connectivity index (χ2n) is 2.99. The maximum Gasteiger partial charge on any atom is 0.218 e. The highest BCUT2D eigenvalue weighted by Crippen LogP contribution is 1.94. The average Bonchev–Trinajstić information content (AvgIpc) is 1.53. The smallest absolute Gasteiger partial charge is 0.218 e. The fourth-order valence-electron chi connectivity index (χ4n) is 0.911. The molecule has 0 unspecified atom stereocenters. The third kappa shape index (κ3) is 5.39. The molecule has 0 fully saturated rings. The summed E-state index contributed by atoms with van der Waals surface area (Å²) >= 11 is 0. The van der Waals surface area contributed by atoms with Crippen molar-refractivity contribution in [2.45, 2.75) is 33.4 Å². The lowest BCUT2D eigenvalue weighted by Gasteiger charge is -2.26. The first-order valence-corrected chi connectivity index (χ1v) is 3.41. The Hall–Kier alpha value is -1.06. The molecular weight excluding hydrogens is 144 g/mol. The van der Waals surface area contributed by atoms with E-state index in [2.05, 4.69) is 10.6 Å². The maximum absolute atomic E-state index is 10.6. The Balaban J connectivity index is 3.99. The van der Waals surface area contributed by atoms with Crippen LogP contribution < -0.4 is 10.6 Å². The number of hydrogen-bond donors (Lipinski definition) is 2. The third-order valence-corrected chi connectivity index (χ3v) is 0.977. The summed E-state index contributed by atoms with van der Waals surface area (Å²) in [6, 6.07) is 0. The van der Waals surface area contributed by atoms with Gasteiger partial charge in [0.05, 0.1) is 0 Å². The van der Waals surface area contributed by atoms with Crippen LogP contribution in [0.1, 0.15) is 27.7 Å². The summed E-state index contributed by atoms with van der Waals surface area (Å²) in [6.07, 6.45) is 0. The lowest BCUT2D eigenvalue weighted by atomic mass is 10.2. The normalized spacial score (nSPS) is 10.5. The Bertz CT molecular complexity index is 157. The molecule has 0 radical (unpaired) electrons. The summed E-state index contributed by atoms with van der Waals surface area (Å²) in [6.45, 7) is 6.25. The quantitative estimate of drug-likeness (QED) is 0.555. The van der Waals surface area contributed by atoms with Crippen LogP contribution in [-0.2, 0) is 9.59 Å². The van der Waals surface area contributed by atoms with E-state index in [1.54, 1.807) is 13.8 Å². The van der Waals surface area contributed by atoms with Crippen LogP contribution in [0.25, 0.3) is 0 Å². The van der Waals surface area contributed by atoms with Crippen molar-refractivity contribution in [3.63, 3.8) is 0 Å². The van der Waals surface area contributed by atoms with Gasteiger partial charge in [0.25, 0.3) is 0 Å². The molecule has 0 atom stereocenters. The molecule has 0 saturated carbocycles. The molecule has 0 heterocycles. The summed E-state index contributed by atoms with van der Waals surface area (Å²) in [5, 5.41) is 5.16. The zero-order valence-corrected chi connectivity index (χ0v) is 7.32. The fraction of sp³-hybridized carbons (Fsp3) is 0.714. The van der Waals surface area contributed by atoms with Gasteiger partial charge in [-0.25, -0.2) is 0 Å². The third-order valence-electron chi connectivity index (χ3n) is 0.977. The summed E-state index contributed by atoms with van der Waals surface area (Å²) in [7, 11) is 0. The minimum Gasteiger partial charge on any atom is -0.334 e. The molecule has 0 aromatic rings. The van der Waals surface area contributed by atoms with Gasteiger partial charge in [-0.2, -0.15) is 0 Å². The number of rotatable bonds is 2. The standard InChI is InChI=1S/C7H14N2O2/c1-5(10)8-7(3,4)9-6(2)11/h1-4H3,(H,8,10)(H,9,11). The Kier molecular flexibility index (Phi) is 3.04. The van der Waals surface area contributed by atoms with Crippen molar-refractivity contribution in [1.82, 2.24) is 10.6 Å². The average molecular weight is 158 g/mol. The van der Waals surface area contributed by atoms with E-state index in [4.69, 9.17) is 0 Å². The second kappa shape index (κ2) is 3.37. The summed E-state index contributed by atoms with van der Waals surface area (Å²) in [5.74, 6) is -0.326. The first-order valence-electron chi connectivity index (χ1n) is 3.41. The van der Waals surface area contributed by atoms with Gasteiger partial charge < -0.3 is 10.6 Å². The molecule has 0 aliphatic heterocycles. The predicted octanol–water partition coefficient (Wildman–Crippen LogP) is -0.00530. The van der Waals surface area contributed by atoms with Crippen LogP contribution in [0, 0.1) is 0 Å². The maximum atomic E-state index is 10.6. The van der Waals surface area contributed by atoms with Gasteiger partial charge in [0.1, 0.15) is 5.66 Å². The van der Waals surface area contributed by atoms with Crippen LogP contribution in [0.4, 0.5) is 0 Å². The Labute approximate surface area is 66.4 Å². The van der Waals surface area contributed by atoms with Crippen LogP contribution in [0.3, 0.4) is 0 Å². The molecule has 4 nitrogen and oxygen atoms in total. The number of amides is 2. The molecule has 0 spiro atoms. The van der Waals surface area contributed by atoms with E-state index in [9.17, 15) is 9.59 Å². The van der Waals surface area contributed by atoms with Crippen LogP contribution in [0.5, 0.6) is 0 Å². The van der Waals surface area contributed by atoms with E-state index in [-0.39, 0.29) is 11.8 Å². The highest BCUT2D eigenvalue weighted by molar-refractivity contribution is 5.77. The first-order chi connectivity index (χ1) is 4.83. The van der Waals surface area contributed by atoms with E-state index >= 15 is 0 Å². The van der Waals surface area contributed by atoms with E-state index in [1.807, 2.05) is 0 Å². The van der Waals surface area contributed by atoms with Crippen molar-refractivity contribution < 1.29 is 9.59 Å².